The lowest BCUT2D eigenvalue weighted by molar-refractivity contribution is -0.119. The van der Waals surface area contributed by atoms with E-state index in [2.05, 4.69) is 44.5 Å². The normalized spacial score (nSPS) is 17.8. The van der Waals surface area contributed by atoms with Crippen molar-refractivity contribution in [2.45, 2.75) is 44.4 Å². The van der Waals surface area contributed by atoms with E-state index in [4.69, 9.17) is 0 Å². The number of nitrogens with one attached hydrogen (secondary N) is 1. The number of aryl methyl sites for hydroxylation is 2. The Bertz CT molecular complexity index is 718. The molecule has 1 aliphatic rings. The number of hydrogen-bond donors (Lipinski definition) is 1. The molecular weight excluding hydrogens is 344 g/mol. The van der Waals surface area contributed by atoms with Crippen molar-refractivity contribution in [2.24, 2.45) is 0 Å². The van der Waals surface area contributed by atoms with E-state index in [-0.39, 0.29) is 11.9 Å². The molecule has 1 N–H and O–H groups in total. The molecule has 2 heterocycles. The topological polar surface area (TPSA) is 58.1 Å². The third-order valence-corrected chi connectivity index (χ3v) is 5.26. The summed E-state index contributed by atoms with van der Waals surface area (Å²) in [5.74, 6) is 0.419. The molecule has 1 fully saturated rings. The number of nitrogens with zero attached hydrogens (tertiary/aromatic N) is 3. The van der Waals surface area contributed by atoms with Crippen LogP contribution in [0.5, 0.6) is 0 Å². The molecule has 5 nitrogen and oxygen atoms in total. The van der Waals surface area contributed by atoms with Gasteiger partial charge in [0.1, 0.15) is 0 Å². The van der Waals surface area contributed by atoms with Crippen molar-refractivity contribution in [1.29, 1.82) is 0 Å². The van der Waals surface area contributed by atoms with Gasteiger partial charge < -0.3 is 5.32 Å². The van der Waals surface area contributed by atoms with Gasteiger partial charge in [-0.25, -0.2) is 9.97 Å². The van der Waals surface area contributed by atoms with Crippen LogP contribution in [-0.4, -0.2) is 45.7 Å². The highest BCUT2D eigenvalue weighted by Crippen LogP contribution is 2.16. The summed E-state index contributed by atoms with van der Waals surface area (Å²) < 4.78 is 0. The molecule has 1 aliphatic heterocycles. The largest absolute Gasteiger partial charge is 0.351 e. The Morgan fingerprint density at radius 1 is 1.23 bits per heavy atom. The second-order valence-electron chi connectivity index (χ2n) is 6.85. The van der Waals surface area contributed by atoms with Gasteiger partial charge in [-0.2, -0.15) is 0 Å². The van der Waals surface area contributed by atoms with Crippen molar-refractivity contribution >= 4 is 17.7 Å². The maximum Gasteiger partial charge on any atom is 0.230 e. The van der Waals surface area contributed by atoms with Gasteiger partial charge in [0.25, 0.3) is 0 Å². The quantitative estimate of drug-likeness (QED) is 0.626. The standard InChI is InChI=1S/C20H26N4OS/c1-15-11-16(2)22-20(21-15)26-14-19(25)23-18-9-6-10-24(13-18)12-17-7-4-3-5-8-17/h3-5,7-8,11,18H,6,9-10,12-14H2,1-2H3,(H,23,25). The van der Waals surface area contributed by atoms with Crippen LogP contribution in [0.25, 0.3) is 0 Å². The molecule has 138 valence electrons. The third-order valence-electron chi connectivity index (χ3n) is 4.41. The first-order valence-electron chi connectivity index (χ1n) is 9.09. The van der Waals surface area contributed by atoms with Gasteiger partial charge >= 0.3 is 0 Å². The fraction of sp³-hybridized carbons (Fsp3) is 0.450. The molecule has 1 aromatic heterocycles. The molecule has 26 heavy (non-hydrogen) atoms. The molecule has 0 bridgehead atoms. The number of carbonyl (C=O) groups excluding carboxylic acids is 1. The summed E-state index contributed by atoms with van der Waals surface area (Å²) in [5.41, 5.74) is 3.19. The average Bonchev–Trinajstić information content (AvgIpc) is 2.60. The Morgan fingerprint density at radius 2 is 1.96 bits per heavy atom. The average molecular weight is 371 g/mol. The van der Waals surface area contributed by atoms with Gasteiger partial charge in [-0.05, 0) is 44.9 Å². The monoisotopic (exact) mass is 370 g/mol. The van der Waals surface area contributed by atoms with Crippen molar-refractivity contribution in [3.05, 3.63) is 53.3 Å². The van der Waals surface area contributed by atoms with E-state index in [0.717, 1.165) is 43.9 Å². The second kappa shape index (κ2) is 9.14. The van der Waals surface area contributed by atoms with Gasteiger partial charge in [-0.3, -0.25) is 9.69 Å². The Hall–Kier alpha value is -1.92. The van der Waals surface area contributed by atoms with E-state index in [1.165, 1.54) is 17.3 Å². The molecule has 0 saturated carbocycles. The van der Waals surface area contributed by atoms with Crippen LogP contribution < -0.4 is 5.32 Å². The van der Waals surface area contributed by atoms with Gasteiger partial charge in [0.05, 0.1) is 5.75 Å². The minimum atomic E-state index is 0.0596. The molecule has 0 spiro atoms. The first kappa shape index (κ1) is 18.9. The minimum absolute atomic E-state index is 0.0596. The van der Waals surface area contributed by atoms with Crippen molar-refractivity contribution < 1.29 is 4.79 Å². The predicted molar refractivity (Wildman–Crippen MR) is 105 cm³/mol. The van der Waals surface area contributed by atoms with Crippen LogP contribution in [0.15, 0.2) is 41.6 Å². The summed E-state index contributed by atoms with van der Waals surface area (Å²) in [6, 6.07) is 12.7. The number of thioether (sulfide) groups is 1. The van der Waals surface area contributed by atoms with Crippen LogP contribution >= 0.6 is 11.8 Å². The van der Waals surface area contributed by atoms with E-state index in [1.54, 1.807) is 0 Å². The second-order valence-corrected chi connectivity index (χ2v) is 7.79. The molecule has 6 heteroatoms. The number of aromatic nitrogens is 2. The van der Waals surface area contributed by atoms with Gasteiger partial charge in [-0.15, -0.1) is 0 Å². The zero-order valence-electron chi connectivity index (χ0n) is 15.4. The molecule has 1 saturated heterocycles. The van der Waals surface area contributed by atoms with Crippen LogP contribution in [0.4, 0.5) is 0 Å². The van der Waals surface area contributed by atoms with E-state index < -0.39 is 0 Å². The molecule has 1 atom stereocenters. The summed E-state index contributed by atoms with van der Waals surface area (Å²) in [4.78, 5) is 23.5. The molecule has 1 unspecified atom stereocenters. The highest BCUT2D eigenvalue weighted by molar-refractivity contribution is 7.99. The number of rotatable bonds is 6. The predicted octanol–water partition coefficient (Wildman–Crippen LogP) is 2.97. The molecule has 2 aromatic rings. The van der Waals surface area contributed by atoms with Gasteiger partial charge in [-0.1, -0.05) is 42.1 Å². The van der Waals surface area contributed by atoms with E-state index in [0.29, 0.717) is 10.9 Å². The van der Waals surface area contributed by atoms with Gasteiger partial charge in [0, 0.05) is 30.5 Å². The van der Waals surface area contributed by atoms with Crippen LogP contribution in [0.3, 0.4) is 0 Å². The van der Waals surface area contributed by atoms with Gasteiger partial charge in [0.15, 0.2) is 5.16 Å². The summed E-state index contributed by atoms with van der Waals surface area (Å²) >= 11 is 1.40. The molecule has 3 rings (SSSR count). The van der Waals surface area contributed by atoms with Crippen molar-refractivity contribution in [3.8, 4) is 0 Å². The molecule has 1 aromatic carbocycles. The Labute approximate surface area is 159 Å². The minimum Gasteiger partial charge on any atom is -0.351 e. The van der Waals surface area contributed by atoms with Crippen molar-refractivity contribution in [3.63, 3.8) is 0 Å². The summed E-state index contributed by atoms with van der Waals surface area (Å²) in [5, 5.41) is 3.85. The molecule has 1 amide bonds. The smallest absolute Gasteiger partial charge is 0.230 e. The lowest BCUT2D eigenvalue weighted by Crippen LogP contribution is -2.47. The first-order valence-corrected chi connectivity index (χ1v) is 10.1. The zero-order chi connectivity index (χ0) is 18.4. The number of likely N-dealkylation sites (tertiary alicyclic amines) is 1. The summed E-state index contributed by atoms with van der Waals surface area (Å²) in [7, 11) is 0. The fourth-order valence-electron chi connectivity index (χ4n) is 3.32. The third kappa shape index (κ3) is 5.81. The SMILES string of the molecule is Cc1cc(C)nc(SCC(=O)NC2CCCN(Cc3ccccc3)C2)n1. The van der Waals surface area contributed by atoms with Crippen LogP contribution in [0.1, 0.15) is 29.8 Å². The molecule has 0 aliphatic carbocycles. The number of carbonyl (C=O) groups is 1. The van der Waals surface area contributed by atoms with Crippen LogP contribution in [0, 0.1) is 13.8 Å². The zero-order valence-corrected chi connectivity index (χ0v) is 16.3. The van der Waals surface area contributed by atoms with Gasteiger partial charge in [0.2, 0.25) is 5.91 Å². The van der Waals surface area contributed by atoms with E-state index in [9.17, 15) is 4.79 Å². The Morgan fingerprint density at radius 3 is 2.69 bits per heavy atom. The van der Waals surface area contributed by atoms with E-state index in [1.807, 2.05) is 26.0 Å². The van der Waals surface area contributed by atoms with Crippen molar-refractivity contribution in [2.75, 3.05) is 18.8 Å². The summed E-state index contributed by atoms with van der Waals surface area (Å²) in [6.07, 6.45) is 2.16. The number of piperidine rings is 1. The molecular formula is C20H26N4OS. The van der Waals surface area contributed by atoms with Crippen LogP contribution in [-0.2, 0) is 11.3 Å². The molecule has 0 radical (unpaired) electrons. The number of benzene rings is 1. The van der Waals surface area contributed by atoms with E-state index >= 15 is 0 Å². The maximum atomic E-state index is 12.3. The highest BCUT2D eigenvalue weighted by Gasteiger charge is 2.21. The lowest BCUT2D eigenvalue weighted by atomic mass is 10.0. The van der Waals surface area contributed by atoms with Crippen LogP contribution in [0.2, 0.25) is 0 Å². The summed E-state index contributed by atoms with van der Waals surface area (Å²) in [6.45, 7) is 6.83. The number of amides is 1. The maximum absolute atomic E-state index is 12.3. The number of hydrogen-bond acceptors (Lipinski definition) is 5. The first-order chi connectivity index (χ1) is 12.6. The Kier molecular flexibility index (Phi) is 6.63. The Balaban J connectivity index is 1.46. The van der Waals surface area contributed by atoms with Crippen molar-refractivity contribution in [1.82, 2.24) is 20.2 Å². The lowest BCUT2D eigenvalue weighted by Gasteiger charge is -2.33. The highest BCUT2D eigenvalue weighted by atomic mass is 32.2. The fourth-order valence-corrected chi connectivity index (χ4v) is 4.08.